The zero-order valence-corrected chi connectivity index (χ0v) is 14.3. The van der Waals surface area contributed by atoms with Gasteiger partial charge in [-0.2, -0.15) is 5.10 Å². The lowest BCUT2D eigenvalue weighted by Gasteiger charge is -2.17. The fraction of sp³-hybridized carbons (Fsp3) is 0.350. The number of rotatable bonds is 6. The van der Waals surface area contributed by atoms with E-state index < -0.39 is 0 Å². The molecule has 0 saturated carbocycles. The molecule has 0 aliphatic rings. The molecule has 0 atom stereocenters. The highest BCUT2D eigenvalue weighted by Crippen LogP contribution is 2.28. The minimum atomic E-state index is 0.925. The summed E-state index contributed by atoms with van der Waals surface area (Å²) in [4.78, 5) is 2.43. The summed E-state index contributed by atoms with van der Waals surface area (Å²) in [5, 5.41) is 6.18. The summed E-state index contributed by atoms with van der Waals surface area (Å²) in [6.07, 6.45) is 0. The molecular weight excluding hydrogens is 282 g/mol. The number of benzene rings is 2. The van der Waals surface area contributed by atoms with Crippen LogP contribution in [0.5, 0.6) is 0 Å². The van der Waals surface area contributed by atoms with Crippen molar-refractivity contribution < 1.29 is 0 Å². The molecule has 0 radical (unpaired) electrons. The van der Waals surface area contributed by atoms with Crippen LogP contribution in [0.3, 0.4) is 0 Å². The number of hydrogen-bond acceptors (Lipinski definition) is 2. The maximum absolute atomic E-state index is 4.93. The Hall–Kier alpha value is -2.13. The highest BCUT2D eigenvalue weighted by molar-refractivity contribution is 5.93. The van der Waals surface area contributed by atoms with Gasteiger partial charge in [-0.05, 0) is 32.1 Å². The monoisotopic (exact) mass is 307 g/mol. The molecule has 1 heterocycles. The Balaban J connectivity index is 2.02. The van der Waals surface area contributed by atoms with Gasteiger partial charge in [0, 0.05) is 17.5 Å². The van der Waals surface area contributed by atoms with E-state index in [9.17, 15) is 0 Å². The van der Waals surface area contributed by atoms with Crippen molar-refractivity contribution in [3.63, 3.8) is 0 Å². The van der Waals surface area contributed by atoms with Crippen LogP contribution in [0.25, 0.3) is 22.2 Å². The summed E-state index contributed by atoms with van der Waals surface area (Å²) in [6.45, 7) is 10.7. The molecule has 3 aromatic rings. The molecular formula is C20H25N3. The third-order valence-electron chi connectivity index (χ3n) is 4.48. The molecule has 0 N–H and O–H groups in total. The van der Waals surface area contributed by atoms with Crippen LogP contribution in [-0.2, 0) is 6.54 Å². The Bertz CT molecular complexity index is 770. The molecule has 3 heteroatoms. The van der Waals surface area contributed by atoms with Gasteiger partial charge < -0.3 is 4.90 Å². The largest absolute Gasteiger partial charge is 0.302 e. The molecule has 23 heavy (non-hydrogen) atoms. The van der Waals surface area contributed by atoms with E-state index >= 15 is 0 Å². The summed E-state index contributed by atoms with van der Waals surface area (Å²) in [5.74, 6) is 0. The van der Waals surface area contributed by atoms with Crippen molar-refractivity contribution in [1.82, 2.24) is 14.7 Å². The highest BCUT2D eigenvalue weighted by atomic mass is 15.3. The smallest absolute Gasteiger partial charge is 0.100 e. The third-order valence-corrected chi connectivity index (χ3v) is 4.48. The van der Waals surface area contributed by atoms with Gasteiger partial charge in [0.05, 0.1) is 12.1 Å². The number of fused-ring (bicyclic) bond motifs is 1. The van der Waals surface area contributed by atoms with Crippen LogP contribution >= 0.6 is 0 Å². The highest BCUT2D eigenvalue weighted by Gasteiger charge is 2.12. The molecule has 0 amide bonds. The fourth-order valence-corrected chi connectivity index (χ4v) is 3.05. The lowest BCUT2D eigenvalue weighted by molar-refractivity contribution is 0.287. The normalized spacial score (nSPS) is 11.5. The van der Waals surface area contributed by atoms with Crippen molar-refractivity contribution in [2.24, 2.45) is 0 Å². The van der Waals surface area contributed by atoms with E-state index in [2.05, 4.69) is 72.8 Å². The van der Waals surface area contributed by atoms with E-state index in [1.54, 1.807) is 0 Å². The molecule has 0 spiro atoms. The maximum Gasteiger partial charge on any atom is 0.100 e. The van der Waals surface area contributed by atoms with Gasteiger partial charge in [-0.3, -0.25) is 4.68 Å². The number of hydrogen-bond donors (Lipinski definition) is 0. The van der Waals surface area contributed by atoms with E-state index in [1.165, 1.54) is 22.0 Å². The van der Waals surface area contributed by atoms with E-state index in [1.807, 2.05) is 6.07 Å². The van der Waals surface area contributed by atoms with Gasteiger partial charge in [0.15, 0.2) is 0 Å². The predicted molar refractivity (Wildman–Crippen MR) is 97.7 cm³/mol. The molecule has 0 fully saturated rings. The lowest BCUT2D eigenvalue weighted by atomic mass is 10.1. The third kappa shape index (κ3) is 3.30. The molecule has 1 aromatic heterocycles. The number of aromatic nitrogens is 2. The number of likely N-dealkylation sites (N-methyl/N-ethyl adjacent to an activating group) is 1. The van der Waals surface area contributed by atoms with Gasteiger partial charge in [0.1, 0.15) is 5.69 Å². The summed E-state index contributed by atoms with van der Waals surface area (Å²) >= 11 is 0. The minimum Gasteiger partial charge on any atom is -0.302 e. The number of nitrogens with zero attached hydrogens (tertiary/aromatic N) is 3. The average Bonchev–Trinajstić information content (AvgIpc) is 2.94. The van der Waals surface area contributed by atoms with Crippen LogP contribution in [-0.4, -0.2) is 34.3 Å². The van der Waals surface area contributed by atoms with E-state index in [0.29, 0.717) is 0 Å². The zero-order chi connectivity index (χ0) is 16.2. The van der Waals surface area contributed by atoms with Gasteiger partial charge >= 0.3 is 0 Å². The van der Waals surface area contributed by atoms with E-state index in [-0.39, 0.29) is 0 Å². The van der Waals surface area contributed by atoms with Crippen molar-refractivity contribution in [2.75, 3.05) is 19.6 Å². The molecule has 0 aliphatic heterocycles. The Morgan fingerprint density at radius 2 is 1.74 bits per heavy atom. The van der Waals surface area contributed by atoms with Crippen LogP contribution < -0.4 is 0 Å². The molecule has 2 aromatic carbocycles. The Labute approximate surface area is 138 Å². The molecule has 3 nitrogen and oxygen atoms in total. The standard InChI is InChI=1S/C20H25N3/c1-4-22(5-2)13-14-23-19-12-11-16(3)15-18(19)20(21-23)17-9-7-6-8-10-17/h6-12,15H,4-5,13-14H2,1-3H3. The van der Waals surface area contributed by atoms with E-state index in [4.69, 9.17) is 5.10 Å². The second-order valence-corrected chi connectivity index (χ2v) is 5.99. The van der Waals surface area contributed by atoms with Gasteiger partial charge in [0.2, 0.25) is 0 Å². The number of aryl methyl sites for hydroxylation is 1. The summed E-state index contributed by atoms with van der Waals surface area (Å²) in [5.41, 5.74) is 4.77. The Kier molecular flexibility index (Phi) is 4.77. The molecule has 0 unspecified atom stereocenters. The van der Waals surface area contributed by atoms with E-state index in [0.717, 1.165) is 31.9 Å². The zero-order valence-electron chi connectivity index (χ0n) is 14.3. The summed E-state index contributed by atoms with van der Waals surface area (Å²) in [7, 11) is 0. The van der Waals surface area contributed by atoms with Gasteiger partial charge in [-0.1, -0.05) is 55.8 Å². The predicted octanol–water partition coefficient (Wildman–Crippen LogP) is 4.35. The van der Waals surface area contributed by atoms with Gasteiger partial charge in [-0.25, -0.2) is 0 Å². The molecule has 0 aliphatic carbocycles. The SMILES string of the molecule is CCN(CC)CCn1nc(-c2ccccc2)c2cc(C)ccc21. The van der Waals surface area contributed by atoms with Gasteiger partial charge in [0.25, 0.3) is 0 Å². The topological polar surface area (TPSA) is 21.1 Å². The van der Waals surface area contributed by atoms with Crippen molar-refractivity contribution in [3.05, 3.63) is 54.1 Å². The maximum atomic E-state index is 4.93. The molecule has 3 rings (SSSR count). The van der Waals surface area contributed by atoms with Crippen LogP contribution in [0.1, 0.15) is 19.4 Å². The van der Waals surface area contributed by atoms with Crippen LogP contribution in [0.2, 0.25) is 0 Å². The molecule has 0 saturated heterocycles. The van der Waals surface area contributed by atoms with Crippen molar-refractivity contribution in [1.29, 1.82) is 0 Å². The second kappa shape index (κ2) is 6.97. The first-order valence-electron chi connectivity index (χ1n) is 8.48. The lowest BCUT2D eigenvalue weighted by Crippen LogP contribution is -2.27. The summed E-state index contributed by atoms with van der Waals surface area (Å²) < 4.78 is 2.16. The Morgan fingerprint density at radius 1 is 1.00 bits per heavy atom. The van der Waals surface area contributed by atoms with Crippen molar-refractivity contribution in [3.8, 4) is 11.3 Å². The summed E-state index contributed by atoms with van der Waals surface area (Å²) in [6, 6.07) is 17.1. The van der Waals surface area contributed by atoms with Gasteiger partial charge in [-0.15, -0.1) is 0 Å². The first-order chi connectivity index (χ1) is 11.2. The average molecular weight is 307 g/mol. The van der Waals surface area contributed by atoms with Crippen molar-refractivity contribution in [2.45, 2.75) is 27.3 Å². The van der Waals surface area contributed by atoms with Crippen LogP contribution in [0.15, 0.2) is 48.5 Å². The molecule has 120 valence electrons. The van der Waals surface area contributed by atoms with Crippen molar-refractivity contribution >= 4 is 10.9 Å². The quantitative estimate of drug-likeness (QED) is 0.675. The minimum absolute atomic E-state index is 0.925. The Morgan fingerprint density at radius 3 is 2.43 bits per heavy atom. The second-order valence-electron chi connectivity index (χ2n) is 5.99. The molecule has 0 bridgehead atoms. The fourth-order valence-electron chi connectivity index (χ4n) is 3.05. The van der Waals surface area contributed by atoms with Crippen LogP contribution in [0, 0.1) is 6.92 Å². The first kappa shape index (κ1) is 15.8. The van der Waals surface area contributed by atoms with Crippen LogP contribution in [0.4, 0.5) is 0 Å². The first-order valence-corrected chi connectivity index (χ1v) is 8.48.